The Morgan fingerprint density at radius 3 is 1.05 bits per heavy atom. The van der Waals surface area contributed by atoms with Gasteiger partial charge in [0.15, 0.2) is 0 Å². The zero-order valence-electron chi connectivity index (χ0n) is 39.6. The van der Waals surface area contributed by atoms with Crippen molar-refractivity contribution in [2.45, 2.75) is 258 Å². The van der Waals surface area contributed by atoms with E-state index in [1.807, 2.05) is 0 Å². The molecule has 0 aliphatic rings. The fourth-order valence-electron chi connectivity index (χ4n) is 7.71. The van der Waals surface area contributed by atoms with Gasteiger partial charge in [-0.25, -0.2) is 9.59 Å². The van der Waals surface area contributed by atoms with Crippen LogP contribution in [0.25, 0.3) is 0 Å². The third-order valence-corrected chi connectivity index (χ3v) is 11.5. The zero-order chi connectivity index (χ0) is 43.1. The molecule has 0 spiro atoms. The molecule has 0 aliphatic heterocycles. The van der Waals surface area contributed by atoms with Crippen molar-refractivity contribution in [1.82, 2.24) is 4.90 Å². The largest absolute Gasteiger partial charge is 0.508 e. The maximum atomic E-state index is 12.6. The number of hydrogen-bond acceptors (Lipinski definition) is 9. The zero-order valence-corrected chi connectivity index (χ0v) is 39.6. The summed E-state index contributed by atoms with van der Waals surface area (Å²) in [4.78, 5) is 27.7. The number of unbranched alkanes of at least 4 members (excludes halogenated alkanes) is 24. The molecule has 0 bridgehead atoms. The molecule has 9 heteroatoms. The Balaban J connectivity index is 4.52. The topological polar surface area (TPSA) is 104 Å². The third-order valence-electron chi connectivity index (χ3n) is 11.5. The van der Waals surface area contributed by atoms with Crippen LogP contribution in [0, 0.1) is 0 Å². The molecule has 0 aromatic heterocycles. The number of carbonyl (C=O) groups is 2. The second-order valence-electron chi connectivity index (χ2n) is 17.2. The van der Waals surface area contributed by atoms with Gasteiger partial charge in [-0.2, -0.15) is 0 Å². The smallest absolute Gasteiger partial charge is 0.434 e. The van der Waals surface area contributed by atoms with Crippen LogP contribution in [0.15, 0.2) is 0 Å². The first-order valence-electron chi connectivity index (χ1n) is 25.6. The van der Waals surface area contributed by atoms with Gasteiger partial charge < -0.3 is 33.7 Å². The number of aliphatic hydroxyl groups excluding tert-OH is 1. The molecule has 0 saturated heterocycles. The number of aliphatic hydroxyl groups is 1. The van der Waals surface area contributed by atoms with Crippen LogP contribution in [-0.4, -0.2) is 87.2 Å². The van der Waals surface area contributed by atoms with Crippen molar-refractivity contribution in [3.05, 3.63) is 0 Å². The summed E-state index contributed by atoms with van der Waals surface area (Å²) in [5.41, 5.74) is 0. The lowest BCUT2D eigenvalue weighted by Crippen LogP contribution is -2.30. The van der Waals surface area contributed by atoms with Crippen molar-refractivity contribution in [1.29, 1.82) is 0 Å². The van der Waals surface area contributed by atoms with Crippen LogP contribution >= 0.6 is 0 Å². The van der Waals surface area contributed by atoms with Crippen molar-refractivity contribution < 1.29 is 38.4 Å². The molecule has 0 aromatic carbocycles. The van der Waals surface area contributed by atoms with Crippen molar-refractivity contribution in [2.24, 2.45) is 0 Å². The maximum absolute atomic E-state index is 12.6. The predicted molar refractivity (Wildman–Crippen MR) is 246 cm³/mol. The summed E-state index contributed by atoms with van der Waals surface area (Å²) in [7, 11) is 0. The van der Waals surface area contributed by atoms with Crippen LogP contribution in [0.4, 0.5) is 9.59 Å². The van der Waals surface area contributed by atoms with Crippen LogP contribution in [0.1, 0.15) is 246 Å². The molecule has 0 fully saturated rings. The van der Waals surface area contributed by atoms with E-state index < -0.39 is 12.3 Å². The summed E-state index contributed by atoms with van der Waals surface area (Å²) < 4.78 is 28.3. The fourth-order valence-corrected chi connectivity index (χ4v) is 7.71. The van der Waals surface area contributed by atoms with Gasteiger partial charge in [0.1, 0.15) is 12.2 Å². The van der Waals surface area contributed by atoms with E-state index in [0.717, 1.165) is 110 Å². The molecule has 9 nitrogen and oxygen atoms in total. The highest BCUT2D eigenvalue weighted by atomic mass is 16.7. The predicted octanol–water partition coefficient (Wildman–Crippen LogP) is 14.7. The Labute approximate surface area is 365 Å². The van der Waals surface area contributed by atoms with E-state index in [1.54, 1.807) is 0 Å². The minimum atomic E-state index is -0.506. The summed E-state index contributed by atoms with van der Waals surface area (Å²) in [5.74, 6) is 0. The van der Waals surface area contributed by atoms with E-state index in [0.29, 0.717) is 26.4 Å². The van der Waals surface area contributed by atoms with Gasteiger partial charge in [0, 0.05) is 6.54 Å². The highest BCUT2D eigenvalue weighted by molar-refractivity contribution is 5.60. The Kier molecular flexibility index (Phi) is 46.2. The molecule has 1 N–H and O–H groups in total. The van der Waals surface area contributed by atoms with Crippen molar-refractivity contribution in [3.63, 3.8) is 0 Å². The summed E-state index contributed by atoms with van der Waals surface area (Å²) in [6.45, 7) is 13.4. The summed E-state index contributed by atoms with van der Waals surface area (Å²) in [6.07, 6.45) is 38.0. The Hall–Kier alpha value is -1.58. The molecule has 0 atom stereocenters. The van der Waals surface area contributed by atoms with E-state index in [-0.39, 0.29) is 18.8 Å². The second kappa shape index (κ2) is 47.5. The number of ether oxygens (including phenoxy) is 5. The van der Waals surface area contributed by atoms with Crippen LogP contribution in [0.2, 0.25) is 0 Å². The minimum Gasteiger partial charge on any atom is -0.434 e. The van der Waals surface area contributed by atoms with Crippen LogP contribution in [0.3, 0.4) is 0 Å². The first-order valence-corrected chi connectivity index (χ1v) is 25.6. The minimum absolute atomic E-state index is 0.0303. The molecule has 0 radical (unpaired) electrons. The molecule has 0 amide bonds. The van der Waals surface area contributed by atoms with Crippen LogP contribution in [0.5, 0.6) is 0 Å². The lowest BCUT2D eigenvalue weighted by atomic mass is 10.0. The molecular formula is C50H99NO8. The average molecular weight is 842 g/mol. The van der Waals surface area contributed by atoms with Gasteiger partial charge in [-0.05, 0) is 103 Å². The molecular weight excluding hydrogens is 743 g/mol. The van der Waals surface area contributed by atoms with Crippen molar-refractivity contribution in [3.8, 4) is 0 Å². The molecule has 352 valence electrons. The highest BCUT2D eigenvalue weighted by Gasteiger charge is 2.17. The molecule has 0 rings (SSSR count). The van der Waals surface area contributed by atoms with Gasteiger partial charge in [-0.1, -0.05) is 156 Å². The Morgan fingerprint density at radius 1 is 0.390 bits per heavy atom. The number of nitrogens with zero attached hydrogens (tertiary/aromatic N) is 1. The maximum Gasteiger partial charge on any atom is 0.508 e. The van der Waals surface area contributed by atoms with E-state index >= 15 is 0 Å². The fraction of sp³-hybridized carbons (Fsp3) is 0.960. The molecule has 0 saturated carbocycles. The van der Waals surface area contributed by atoms with Crippen molar-refractivity contribution in [2.75, 3.05) is 52.7 Å². The first kappa shape index (κ1) is 57.4. The lowest BCUT2D eigenvalue weighted by molar-refractivity contribution is 0.0146. The number of hydrogen-bond donors (Lipinski definition) is 1. The SMILES string of the molecule is CCCCCCCCC(CCCCCCCC)OC(=O)OCCCCCN(CCCCCOC(=O)OC(CCCCCCCC)CCCCCCCC)CCOCCO. The standard InChI is InChI=1S/C50H99NO8/c1-5-9-13-17-21-27-35-47(36-28-22-18-14-10-6-2)58-49(53)56-43-33-25-31-39-51(41-45-55-46-42-52)40-32-26-34-44-57-50(54)59-48(37-29-23-19-15-11-7-3)38-30-24-20-16-12-8-4/h47-48,52H,5-46H2,1-4H3. The third kappa shape index (κ3) is 42.9. The van der Waals surface area contributed by atoms with E-state index in [4.69, 9.17) is 28.8 Å². The van der Waals surface area contributed by atoms with E-state index in [2.05, 4.69) is 32.6 Å². The molecule has 0 unspecified atom stereocenters. The summed E-state index contributed by atoms with van der Waals surface area (Å²) >= 11 is 0. The lowest BCUT2D eigenvalue weighted by Gasteiger charge is -2.22. The van der Waals surface area contributed by atoms with Gasteiger partial charge in [-0.15, -0.1) is 0 Å². The molecule has 0 aliphatic carbocycles. The van der Waals surface area contributed by atoms with Gasteiger partial charge in [-0.3, -0.25) is 0 Å². The second-order valence-corrected chi connectivity index (χ2v) is 17.2. The number of rotatable bonds is 47. The molecule has 59 heavy (non-hydrogen) atoms. The van der Waals surface area contributed by atoms with Gasteiger partial charge in [0.05, 0.1) is 33.0 Å². The van der Waals surface area contributed by atoms with Crippen LogP contribution in [-0.2, 0) is 23.7 Å². The molecule has 0 aromatic rings. The normalized spacial score (nSPS) is 11.6. The average Bonchev–Trinajstić information content (AvgIpc) is 3.23. The molecule has 0 heterocycles. The van der Waals surface area contributed by atoms with Gasteiger partial charge in [0.2, 0.25) is 0 Å². The quantitative estimate of drug-likeness (QED) is 0.0474. The van der Waals surface area contributed by atoms with Crippen LogP contribution < -0.4 is 0 Å². The summed E-state index contributed by atoms with van der Waals surface area (Å²) in [6, 6.07) is 0. The Morgan fingerprint density at radius 2 is 0.712 bits per heavy atom. The first-order chi connectivity index (χ1) is 29.0. The highest BCUT2D eigenvalue weighted by Crippen LogP contribution is 2.19. The van der Waals surface area contributed by atoms with Gasteiger partial charge >= 0.3 is 12.3 Å². The Bertz CT molecular complexity index is 767. The van der Waals surface area contributed by atoms with E-state index in [1.165, 1.54) is 128 Å². The van der Waals surface area contributed by atoms with Gasteiger partial charge in [0.25, 0.3) is 0 Å². The van der Waals surface area contributed by atoms with Crippen molar-refractivity contribution >= 4 is 12.3 Å². The van der Waals surface area contributed by atoms with E-state index in [9.17, 15) is 9.59 Å². The number of carbonyl (C=O) groups excluding carboxylic acids is 2. The summed E-state index contributed by atoms with van der Waals surface area (Å²) in [5, 5.41) is 9.12. The monoisotopic (exact) mass is 842 g/mol.